The molecule has 5 bridgehead atoms. The van der Waals surface area contributed by atoms with Crippen LogP contribution in [0.25, 0.3) is 10.8 Å². The number of esters is 2. The van der Waals surface area contributed by atoms with Crippen LogP contribution in [-0.2, 0) is 33.4 Å². The molecule has 17 nitrogen and oxygen atoms in total. The van der Waals surface area contributed by atoms with E-state index in [2.05, 4.69) is 29.6 Å². The number of ether oxygens (including phenoxy) is 4. The third kappa shape index (κ3) is 10.4. The number of hydrogen-bond acceptors (Lipinski definition) is 15. The molecule has 1 saturated heterocycles. The molecule has 1 spiro atoms. The molecule has 1 unspecified atom stereocenters. The monoisotopic (exact) mass is 944 g/mol. The number of benzene rings is 2. The molecule has 19 heteroatoms. The van der Waals surface area contributed by atoms with Crippen LogP contribution in [-0.4, -0.2) is 107 Å². The molecular formula is C48H64BN5O12P. The lowest BCUT2D eigenvalue weighted by molar-refractivity contribution is -0.168. The second kappa shape index (κ2) is 20.5. The Hall–Kier alpha value is -5.32. The van der Waals surface area contributed by atoms with Crippen molar-refractivity contribution in [2.45, 2.75) is 112 Å². The number of aliphatic hydroxyl groups is 1. The molecule has 2 amide bonds. The van der Waals surface area contributed by atoms with Crippen molar-refractivity contribution in [1.82, 2.24) is 10.1 Å². The Kier molecular flexibility index (Phi) is 15.6. The average molecular weight is 945 g/mol. The molecular weight excluding hydrogens is 880 g/mol. The number of piperidine rings is 1. The van der Waals surface area contributed by atoms with Crippen LogP contribution in [0.4, 0.5) is 5.69 Å². The summed E-state index contributed by atoms with van der Waals surface area (Å²) in [5, 5.41) is 41.9. The molecule has 0 aromatic heterocycles. The van der Waals surface area contributed by atoms with Gasteiger partial charge in [0, 0.05) is 67.6 Å². The van der Waals surface area contributed by atoms with E-state index in [1.807, 2.05) is 40.8 Å². The highest BCUT2D eigenvalue weighted by molar-refractivity contribution is 7.55. The summed E-state index contributed by atoms with van der Waals surface area (Å²) in [5.41, 5.74) is -0.0989. The maximum Gasteiger partial charge on any atom is 0.344 e. The summed E-state index contributed by atoms with van der Waals surface area (Å²) < 4.78 is 23.5. The zero-order chi connectivity index (χ0) is 49.3. The lowest BCUT2D eigenvalue weighted by Gasteiger charge is -2.38. The van der Waals surface area contributed by atoms with Crippen molar-refractivity contribution < 1.29 is 58.2 Å². The first-order chi connectivity index (χ1) is 31.5. The van der Waals surface area contributed by atoms with Crippen LogP contribution >= 0.6 is 9.12 Å². The third-order valence-corrected chi connectivity index (χ3v) is 14.4. The van der Waals surface area contributed by atoms with Crippen LogP contribution in [0.2, 0.25) is 0 Å². The van der Waals surface area contributed by atoms with Crippen molar-refractivity contribution in [3.8, 4) is 17.2 Å². The van der Waals surface area contributed by atoms with E-state index in [0.717, 1.165) is 0 Å². The highest BCUT2D eigenvalue weighted by Crippen LogP contribution is 2.51. The Morgan fingerprint density at radius 2 is 1.63 bits per heavy atom. The van der Waals surface area contributed by atoms with Crippen molar-refractivity contribution in [3.63, 3.8) is 0 Å². The minimum Gasteiger partial charge on any atom is -0.507 e. The average Bonchev–Trinajstić information content (AvgIpc) is 3.79. The van der Waals surface area contributed by atoms with Crippen LogP contribution < -0.4 is 26.0 Å². The van der Waals surface area contributed by atoms with Crippen molar-refractivity contribution in [2.75, 3.05) is 32.1 Å². The molecule has 5 aliphatic rings. The molecule has 5 aliphatic heterocycles. The first kappa shape index (κ1) is 51.1. The van der Waals surface area contributed by atoms with Gasteiger partial charge >= 0.3 is 17.7 Å². The van der Waals surface area contributed by atoms with Gasteiger partial charge in [0.1, 0.15) is 34.0 Å². The molecule has 5 N–H and O–H groups in total. The van der Waals surface area contributed by atoms with Gasteiger partial charge in [-0.1, -0.05) is 59.8 Å². The predicted octanol–water partition coefficient (Wildman–Crippen LogP) is 4.45. The van der Waals surface area contributed by atoms with Crippen LogP contribution in [0, 0.1) is 42.4 Å². The van der Waals surface area contributed by atoms with Gasteiger partial charge < -0.3 is 49.7 Å². The summed E-state index contributed by atoms with van der Waals surface area (Å²) >= 11 is 0. The molecule has 67 heavy (non-hydrogen) atoms. The number of phenolic OH excluding ortho intramolecular Hbond substituents is 2. The number of Topliss-reactive ketones (excluding diaryl/α,β-unsaturated/α-hetero) is 1. The lowest BCUT2D eigenvalue weighted by Crippen LogP contribution is -2.45. The zero-order valence-corrected chi connectivity index (χ0v) is 41.1. The molecule has 2 aromatic carbocycles. The number of allylic oxidation sites excluding steroid dienone is 3. The van der Waals surface area contributed by atoms with E-state index in [-0.39, 0.29) is 86.2 Å². The quantitative estimate of drug-likeness (QED) is 0.112. The first-order valence-corrected chi connectivity index (χ1v) is 23.5. The lowest BCUT2D eigenvalue weighted by atomic mass is 9.72. The van der Waals surface area contributed by atoms with Crippen LogP contribution in [0.3, 0.4) is 0 Å². The number of nitrogens with zero attached hydrogens (tertiary/aromatic N) is 3. The van der Waals surface area contributed by atoms with E-state index in [1.54, 1.807) is 39.8 Å². The number of likely N-dealkylation sites (tertiary alicyclic amines) is 1. The zero-order valence-electron chi connectivity index (χ0n) is 40.0. The Labute approximate surface area is 393 Å². The molecule has 0 aliphatic carbocycles. The minimum atomic E-state index is -1.87. The number of ketones is 1. The smallest absolute Gasteiger partial charge is 0.344 e. The Bertz CT molecular complexity index is 2540. The van der Waals surface area contributed by atoms with Crippen molar-refractivity contribution in [3.05, 3.63) is 58.0 Å². The van der Waals surface area contributed by atoms with Crippen LogP contribution in [0.5, 0.6) is 17.2 Å². The molecule has 10 atom stereocenters. The van der Waals surface area contributed by atoms with Crippen LogP contribution in [0.1, 0.15) is 97.0 Å². The molecule has 361 valence electrons. The Balaban J connectivity index is 1.44. The normalized spacial score (nSPS) is 30.4. The van der Waals surface area contributed by atoms with Gasteiger partial charge in [0.2, 0.25) is 5.91 Å². The topological polar surface area (TPSA) is 235 Å². The van der Waals surface area contributed by atoms with Crippen molar-refractivity contribution in [2.24, 2.45) is 45.5 Å². The first-order valence-electron chi connectivity index (χ1n) is 22.9. The predicted molar refractivity (Wildman–Crippen MR) is 254 cm³/mol. The summed E-state index contributed by atoms with van der Waals surface area (Å²) in [6, 6.07) is 0. The number of phenols is 2. The van der Waals surface area contributed by atoms with Crippen LogP contribution in [0.15, 0.2) is 46.1 Å². The standard InChI is InChI=1S/C48H64BN5O12P/c1-23-16-21-64-47(9)45(61)36-34-35(41(59)30(8)44(36)66-47)42(60)39(38-37(34)51-48(52-38)17-19-54(10)20-18-48)50-46(62)25(3)13-11-12-24(2)43(29(7)40(58)28(6)27(5)26(23)4)65-33(57)22-63-32(56)15-14-31(55)53-49-67/h11-13,16,21,23-24,26-29,40,43,51,58-60H,14-15,17-20,22,67H2,1-10H3,(H,53,55)/b12-11+,21-16+,25-13-,50-39?/t23-,24-,26+,27+,28-,29-,40-,43-,47-/m0/s1. The van der Waals surface area contributed by atoms with Gasteiger partial charge in [-0.3, -0.25) is 24.2 Å². The molecule has 1 fully saturated rings. The van der Waals surface area contributed by atoms with Gasteiger partial charge in [-0.05, 0) is 50.6 Å². The maximum absolute atomic E-state index is 14.7. The third-order valence-electron chi connectivity index (χ3n) is 14.3. The van der Waals surface area contributed by atoms with Crippen molar-refractivity contribution in [1.29, 1.82) is 0 Å². The number of aliphatic hydroxyl groups excluding tert-OH is 1. The minimum absolute atomic E-state index is 0.0399. The van der Waals surface area contributed by atoms with E-state index in [0.29, 0.717) is 31.6 Å². The number of amides is 2. The van der Waals surface area contributed by atoms with Gasteiger partial charge in [-0.2, -0.15) is 9.12 Å². The highest BCUT2D eigenvalue weighted by Gasteiger charge is 2.50. The summed E-state index contributed by atoms with van der Waals surface area (Å²) in [6.45, 7) is 16.8. The number of rotatable bonds is 7. The fourth-order valence-electron chi connectivity index (χ4n) is 9.34. The molecule has 7 rings (SSSR count). The Morgan fingerprint density at radius 3 is 2.30 bits per heavy atom. The molecule has 5 heterocycles. The number of anilines is 1. The number of aromatic hydroxyl groups is 2. The Morgan fingerprint density at radius 1 is 0.940 bits per heavy atom. The SMILES string of the molecule is C/C1=C/C=C/[C@H](C)[C@H](OC(=O)COC(=O)CCC(=O)N[B]P)[C@@H](C)[C@@H](O)[C@@H](C)[C@H](C)[C@H](C)[C@@H](C)/C=C/O[C@@]2(C)Oc3c(C)c(O)c4c(O)c(c5c(c4c3C2=O)NC2(CCN(C)CC2)N=5)=NC1=O. The van der Waals surface area contributed by atoms with Gasteiger partial charge in [-0.25, -0.2) is 9.79 Å². The van der Waals surface area contributed by atoms with Crippen molar-refractivity contribution >= 4 is 62.2 Å². The van der Waals surface area contributed by atoms with E-state index in [9.17, 15) is 39.3 Å². The van der Waals surface area contributed by atoms with E-state index < -0.39 is 77.4 Å². The maximum atomic E-state index is 14.7. The summed E-state index contributed by atoms with van der Waals surface area (Å²) in [6.07, 6.45) is 6.92. The van der Waals surface area contributed by atoms with E-state index in [1.165, 1.54) is 26.4 Å². The van der Waals surface area contributed by atoms with Gasteiger partial charge in [0.25, 0.3) is 18.8 Å². The van der Waals surface area contributed by atoms with Gasteiger partial charge in [0.15, 0.2) is 12.4 Å². The summed E-state index contributed by atoms with van der Waals surface area (Å²) in [5.74, 6) is -7.74. The van der Waals surface area contributed by atoms with Gasteiger partial charge in [-0.15, -0.1) is 0 Å². The molecule has 1 radical (unpaired) electrons. The number of fused-ring (bicyclic) bond motifs is 13. The summed E-state index contributed by atoms with van der Waals surface area (Å²) in [7, 11) is 5.59. The number of carbonyl (C=O) groups excluding carboxylic acids is 5. The van der Waals surface area contributed by atoms with Gasteiger partial charge in [0.05, 0.1) is 35.4 Å². The second-order valence-corrected chi connectivity index (χ2v) is 19.2. The number of nitrogens with one attached hydrogen (secondary N) is 2. The fourth-order valence-corrected chi connectivity index (χ4v) is 9.53. The molecule has 2 aromatic rings. The highest BCUT2D eigenvalue weighted by atomic mass is 31.0. The summed E-state index contributed by atoms with van der Waals surface area (Å²) in [4.78, 5) is 77.7. The number of hydrogen-bond donors (Lipinski definition) is 5. The van der Waals surface area contributed by atoms with E-state index >= 15 is 0 Å². The number of carbonyl (C=O) groups is 5. The molecule has 0 saturated carbocycles. The fraction of sp³-hybridized carbons (Fsp3) is 0.562. The second-order valence-electron chi connectivity index (χ2n) is 18.9. The largest absolute Gasteiger partial charge is 0.507 e. The van der Waals surface area contributed by atoms with E-state index in [4.69, 9.17) is 23.9 Å².